The number of hydrogen-bond acceptors (Lipinski definition) is 2. The maximum Gasteiger partial charge on any atom is 0.118 e. The molecule has 1 aliphatic heterocycles. The highest BCUT2D eigenvalue weighted by atomic mass is 32.2. The molecule has 0 spiro atoms. The van der Waals surface area contributed by atoms with E-state index in [-0.39, 0.29) is 12.0 Å². The standard InChI is InChI=1S/C8H16FNS/c1-6(10)8(9)7-2-4-11-5-3-7/h6-8H,2-5,10H2,1H3. The van der Waals surface area contributed by atoms with E-state index in [1.54, 1.807) is 6.92 Å². The summed E-state index contributed by atoms with van der Waals surface area (Å²) in [6, 6.07) is -0.289. The minimum Gasteiger partial charge on any atom is -0.325 e. The van der Waals surface area contributed by atoms with Crippen LogP contribution in [0.2, 0.25) is 0 Å². The maximum absolute atomic E-state index is 13.3. The molecular weight excluding hydrogens is 161 g/mol. The molecule has 0 radical (unpaired) electrons. The molecule has 2 atom stereocenters. The van der Waals surface area contributed by atoms with E-state index < -0.39 is 6.17 Å². The van der Waals surface area contributed by atoms with Crippen molar-refractivity contribution >= 4 is 11.8 Å². The molecule has 2 unspecified atom stereocenters. The van der Waals surface area contributed by atoms with Crippen molar-refractivity contribution in [3.8, 4) is 0 Å². The van der Waals surface area contributed by atoms with E-state index in [0.29, 0.717) is 0 Å². The molecule has 11 heavy (non-hydrogen) atoms. The summed E-state index contributed by atoms with van der Waals surface area (Å²) in [6.45, 7) is 1.76. The first-order chi connectivity index (χ1) is 5.22. The first kappa shape index (κ1) is 9.33. The molecule has 0 aliphatic carbocycles. The lowest BCUT2D eigenvalue weighted by atomic mass is 9.93. The first-order valence-electron chi connectivity index (χ1n) is 4.19. The smallest absolute Gasteiger partial charge is 0.118 e. The predicted octanol–water partition coefficient (Wildman–Crippen LogP) is 1.81. The summed E-state index contributed by atoms with van der Waals surface area (Å²) in [7, 11) is 0. The van der Waals surface area contributed by atoms with Gasteiger partial charge in [0, 0.05) is 6.04 Å². The summed E-state index contributed by atoms with van der Waals surface area (Å²) in [5.41, 5.74) is 5.48. The highest BCUT2D eigenvalue weighted by Gasteiger charge is 2.25. The molecule has 2 N–H and O–H groups in total. The van der Waals surface area contributed by atoms with E-state index in [9.17, 15) is 4.39 Å². The van der Waals surface area contributed by atoms with Crippen LogP contribution < -0.4 is 5.73 Å². The minimum absolute atomic E-state index is 0.233. The molecule has 0 aromatic heterocycles. The van der Waals surface area contributed by atoms with Gasteiger partial charge in [0.15, 0.2) is 0 Å². The van der Waals surface area contributed by atoms with Gasteiger partial charge in [-0.25, -0.2) is 4.39 Å². The van der Waals surface area contributed by atoms with Gasteiger partial charge in [0.25, 0.3) is 0 Å². The van der Waals surface area contributed by atoms with Crippen molar-refractivity contribution < 1.29 is 4.39 Å². The monoisotopic (exact) mass is 177 g/mol. The lowest BCUT2D eigenvalue weighted by Crippen LogP contribution is -2.35. The second-order valence-corrected chi connectivity index (χ2v) is 4.48. The van der Waals surface area contributed by atoms with Crippen LogP contribution in [0.5, 0.6) is 0 Å². The third kappa shape index (κ3) is 2.64. The van der Waals surface area contributed by atoms with Gasteiger partial charge in [-0.1, -0.05) is 0 Å². The van der Waals surface area contributed by atoms with Gasteiger partial charge in [0.1, 0.15) is 6.17 Å². The predicted molar refractivity (Wildman–Crippen MR) is 48.6 cm³/mol. The Kier molecular flexibility index (Phi) is 3.66. The molecule has 1 nitrogen and oxygen atoms in total. The zero-order chi connectivity index (χ0) is 8.27. The molecule has 1 saturated heterocycles. The fraction of sp³-hybridized carbons (Fsp3) is 1.00. The molecule has 66 valence electrons. The summed E-state index contributed by atoms with van der Waals surface area (Å²) in [6.07, 6.45) is 1.23. The van der Waals surface area contributed by atoms with Crippen LogP contribution in [0, 0.1) is 5.92 Å². The highest BCUT2D eigenvalue weighted by molar-refractivity contribution is 7.99. The molecule has 0 bridgehead atoms. The van der Waals surface area contributed by atoms with Crippen molar-refractivity contribution in [1.82, 2.24) is 0 Å². The van der Waals surface area contributed by atoms with Crippen LogP contribution in [0.15, 0.2) is 0 Å². The second-order valence-electron chi connectivity index (χ2n) is 3.25. The van der Waals surface area contributed by atoms with Crippen LogP contribution in [-0.2, 0) is 0 Å². The summed E-state index contributed by atoms with van der Waals surface area (Å²) < 4.78 is 13.3. The van der Waals surface area contributed by atoms with Gasteiger partial charge in [-0.2, -0.15) is 11.8 Å². The summed E-state index contributed by atoms with van der Waals surface area (Å²) >= 11 is 1.92. The lowest BCUT2D eigenvalue weighted by Gasteiger charge is -2.26. The average molecular weight is 177 g/mol. The molecule has 0 aromatic carbocycles. The van der Waals surface area contributed by atoms with Gasteiger partial charge < -0.3 is 5.73 Å². The number of hydrogen-bond donors (Lipinski definition) is 1. The Bertz CT molecular complexity index is 113. The van der Waals surface area contributed by atoms with Crippen LogP contribution in [0.1, 0.15) is 19.8 Å². The van der Waals surface area contributed by atoms with Gasteiger partial charge in [-0.3, -0.25) is 0 Å². The number of thioether (sulfide) groups is 1. The Morgan fingerprint density at radius 3 is 2.45 bits per heavy atom. The van der Waals surface area contributed by atoms with Crippen LogP contribution >= 0.6 is 11.8 Å². The second kappa shape index (κ2) is 4.31. The van der Waals surface area contributed by atoms with Gasteiger partial charge in [0.2, 0.25) is 0 Å². The van der Waals surface area contributed by atoms with E-state index in [4.69, 9.17) is 5.73 Å². The van der Waals surface area contributed by atoms with E-state index in [1.165, 1.54) is 0 Å². The molecular formula is C8H16FNS. The Morgan fingerprint density at radius 1 is 1.45 bits per heavy atom. The number of halogens is 1. The first-order valence-corrected chi connectivity index (χ1v) is 5.34. The fourth-order valence-electron chi connectivity index (χ4n) is 1.46. The fourth-order valence-corrected chi connectivity index (χ4v) is 2.61. The van der Waals surface area contributed by atoms with Gasteiger partial charge >= 0.3 is 0 Å². The SMILES string of the molecule is CC(N)C(F)C1CCSCC1. The molecule has 1 fully saturated rings. The van der Waals surface area contributed by atoms with E-state index in [1.807, 2.05) is 11.8 Å². The van der Waals surface area contributed by atoms with E-state index in [2.05, 4.69) is 0 Å². The van der Waals surface area contributed by atoms with Crippen LogP contribution in [0.25, 0.3) is 0 Å². The van der Waals surface area contributed by atoms with E-state index in [0.717, 1.165) is 24.3 Å². The van der Waals surface area contributed by atoms with Crippen molar-refractivity contribution in [3.05, 3.63) is 0 Å². The van der Waals surface area contributed by atoms with Crippen molar-refractivity contribution in [1.29, 1.82) is 0 Å². The molecule has 1 heterocycles. The van der Waals surface area contributed by atoms with E-state index >= 15 is 0 Å². The minimum atomic E-state index is -0.782. The molecule has 3 heteroatoms. The summed E-state index contributed by atoms with van der Waals surface area (Å²) in [5, 5.41) is 0. The average Bonchev–Trinajstić information content (AvgIpc) is 2.05. The Hall–Kier alpha value is 0.240. The van der Waals surface area contributed by atoms with Crippen LogP contribution in [0.4, 0.5) is 4.39 Å². The Labute approximate surface area is 71.9 Å². The molecule has 0 aromatic rings. The lowest BCUT2D eigenvalue weighted by molar-refractivity contribution is 0.188. The number of nitrogens with two attached hydrogens (primary N) is 1. The molecule has 0 saturated carbocycles. The molecule has 1 rings (SSSR count). The Balaban J connectivity index is 2.32. The van der Waals surface area contributed by atoms with Gasteiger partial charge in [-0.15, -0.1) is 0 Å². The molecule has 1 aliphatic rings. The van der Waals surface area contributed by atoms with Crippen LogP contribution in [-0.4, -0.2) is 23.7 Å². The largest absolute Gasteiger partial charge is 0.325 e. The third-order valence-corrected chi connectivity index (χ3v) is 3.27. The summed E-state index contributed by atoms with van der Waals surface area (Å²) in [5.74, 6) is 2.45. The maximum atomic E-state index is 13.3. The molecule has 0 amide bonds. The van der Waals surface area contributed by atoms with Gasteiger partial charge in [-0.05, 0) is 37.2 Å². The van der Waals surface area contributed by atoms with Crippen molar-refractivity contribution in [2.75, 3.05) is 11.5 Å². The number of rotatable bonds is 2. The topological polar surface area (TPSA) is 26.0 Å². The third-order valence-electron chi connectivity index (χ3n) is 2.22. The number of alkyl halides is 1. The Morgan fingerprint density at radius 2 is 2.00 bits per heavy atom. The van der Waals surface area contributed by atoms with Gasteiger partial charge in [0.05, 0.1) is 0 Å². The zero-order valence-electron chi connectivity index (χ0n) is 6.92. The van der Waals surface area contributed by atoms with Crippen molar-refractivity contribution in [2.24, 2.45) is 11.7 Å². The van der Waals surface area contributed by atoms with Crippen LogP contribution in [0.3, 0.4) is 0 Å². The van der Waals surface area contributed by atoms with Crippen molar-refractivity contribution in [2.45, 2.75) is 32.0 Å². The van der Waals surface area contributed by atoms with Crippen molar-refractivity contribution in [3.63, 3.8) is 0 Å². The zero-order valence-corrected chi connectivity index (χ0v) is 7.74. The normalized spacial score (nSPS) is 26.5. The summed E-state index contributed by atoms with van der Waals surface area (Å²) in [4.78, 5) is 0. The quantitative estimate of drug-likeness (QED) is 0.696. The highest BCUT2D eigenvalue weighted by Crippen LogP contribution is 2.27.